The number of amides is 1. The van der Waals surface area contributed by atoms with E-state index in [1.54, 1.807) is 25.4 Å². The summed E-state index contributed by atoms with van der Waals surface area (Å²) in [6.07, 6.45) is 5.53. The Morgan fingerprint density at radius 1 is 1.25 bits per heavy atom. The van der Waals surface area contributed by atoms with Gasteiger partial charge in [-0.25, -0.2) is 8.78 Å². The summed E-state index contributed by atoms with van der Waals surface area (Å²) in [5.41, 5.74) is 1.50. The molecule has 1 N–H and O–H groups in total. The summed E-state index contributed by atoms with van der Waals surface area (Å²) in [7, 11) is -0.532. The molecule has 0 aliphatic heterocycles. The number of nitrogens with one attached hydrogen (secondary N) is 1. The van der Waals surface area contributed by atoms with Gasteiger partial charge in [-0.2, -0.15) is 5.26 Å². The van der Waals surface area contributed by atoms with Gasteiger partial charge in [0.05, 0.1) is 0 Å². The second kappa shape index (κ2) is 11.0. The first-order chi connectivity index (χ1) is 17.3. The molecule has 4 rings (SSSR count). The van der Waals surface area contributed by atoms with Gasteiger partial charge in [-0.15, -0.1) is 4.36 Å². The number of aromatic nitrogens is 1. The van der Waals surface area contributed by atoms with Crippen LogP contribution in [0.1, 0.15) is 58.9 Å². The average molecular weight is 509 g/mol. The summed E-state index contributed by atoms with van der Waals surface area (Å²) in [6.45, 7) is 2.01. The van der Waals surface area contributed by atoms with E-state index >= 15 is 0 Å². The van der Waals surface area contributed by atoms with Crippen LogP contribution in [-0.4, -0.2) is 16.7 Å². The summed E-state index contributed by atoms with van der Waals surface area (Å²) >= 11 is 0. The van der Waals surface area contributed by atoms with Crippen LogP contribution in [0, 0.1) is 18.4 Å². The second-order valence-electron chi connectivity index (χ2n) is 8.75. The van der Waals surface area contributed by atoms with Crippen LogP contribution in [0.25, 0.3) is 11.1 Å². The Morgan fingerprint density at radius 2 is 1.97 bits per heavy atom. The molecule has 1 atom stereocenters. The van der Waals surface area contributed by atoms with Crippen molar-refractivity contribution in [3.05, 3.63) is 87.3 Å². The largest absolute Gasteiger partial charge is 0.348 e. The van der Waals surface area contributed by atoms with Gasteiger partial charge < -0.3 is 9.88 Å². The standard InChI is InChI=1S/C27H26F2N4O2S/c1-17-24(19-5-3-6-20(13-19)26(28)29)25(34)23(15-33(17)21-7-4-8-21)27(35)31-14-18-9-11-22(12-10-18)36(2)32-16-30/h3,5-6,9-13,15,21,26H,4,7-8,14H2,1-2H3,(H,31,35). The number of hydrogen-bond acceptors (Lipinski definition) is 4. The fraction of sp³-hybridized carbons (Fsp3) is 0.296. The highest BCUT2D eigenvalue weighted by molar-refractivity contribution is 7.86. The lowest BCUT2D eigenvalue weighted by Gasteiger charge is -2.31. The number of carbonyl (C=O) groups is 1. The Morgan fingerprint density at radius 3 is 2.58 bits per heavy atom. The SMILES string of the molecule is Cc1c(-c2cccc(C(F)F)c2)c(=O)c(C(=O)NCc2ccc(S(C)=NC#N)cc2)cn1C1CCC1. The third kappa shape index (κ3) is 5.29. The first kappa shape index (κ1) is 25.5. The third-order valence-corrected chi connectivity index (χ3v) is 7.83. The zero-order valence-corrected chi connectivity index (χ0v) is 20.8. The van der Waals surface area contributed by atoms with Crippen molar-refractivity contribution in [3.63, 3.8) is 0 Å². The van der Waals surface area contributed by atoms with Crippen molar-refractivity contribution in [3.8, 4) is 17.3 Å². The van der Waals surface area contributed by atoms with E-state index in [1.165, 1.54) is 18.2 Å². The average Bonchev–Trinajstić information content (AvgIpc) is 2.84. The van der Waals surface area contributed by atoms with Crippen LogP contribution in [0.5, 0.6) is 0 Å². The van der Waals surface area contributed by atoms with E-state index in [4.69, 9.17) is 5.26 Å². The Hall–Kier alpha value is -3.64. The van der Waals surface area contributed by atoms with Gasteiger partial charge in [0, 0.05) is 40.5 Å². The number of alkyl halides is 2. The molecule has 1 amide bonds. The first-order valence-corrected chi connectivity index (χ1v) is 13.2. The summed E-state index contributed by atoms with van der Waals surface area (Å²) in [5, 5.41) is 11.5. The molecule has 6 nitrogen and oxygen atoms in total. The molecule has 0 bridgehead atoms. The predicted octanol–water partition coefficient (Wildman–Crippen LogP) is 5.69. The minimum absolute atomic E-state index is 0.00973. The molecule has 1 aromatic heterocycles. The van der Waals surface area contributed by atoms with Crippen LogP contribution in [-0.2, 0) is 17.2 Å². The summed E-state index contributed by atoms with van der Waals surface area (Å²) in [4.78, 5) is 27.6. The Balaban J connectivity index is 1.66. The van der Waals surface area contributed by atoms with Gasteiger partial charge in [0.15, 0.2) is 0 Å². The molecule has 1 saturated carbocycles. The monoisotopic (exact) mass is 508 g/mol. The molecular formula is C27H26F2N4O2S. The highest BCUT2D eigenvalue weighted by Gasteiger charge is 2.26. The van der Waals surface area contributed by atoms with Gasteiger partial charge in [-0.1, -0.05) is 41.0 Å². The maximum atomic E-state index is 13.5. The molecule has 1 aliphatic carbocycles. The van der Waals surface area contributed by atoms with E-state index in [0.717, 1.165) is 29.7 Å². The number of hydrogen-bond donors (Lipinski definition) is 1. The van der Waals surface area contributed by atoms with Crippen LogP contribution >= 0.6 is 0 Å². The smallest absolute Gasteiger partial charge is 0.263 e. The van der Waals surface area contributed by atoms with Crippen LogP contribution in [0.15, 0.2) is 68.8 Å². The van der Waals surface area contributed by atoms with Gasteiger partial charge in [0.1, 0.15) is 5.56 Å². The van der Waals surface area contributed by atoms with Crippen LogP contribution in [0.3, 0.4) is 0 Å². The molecule has 9 heteroatoms. The molecule has 1 unspecified atom stereocenters. The van der Waals surface area contributed by atoms with Crippen molar-refractivity contribution < 1.29 is 13.6 Å². The van der Waals surface area contributed by atoms with E-state index in [0.29, 0.717) is 11.3 Å². The summed E-state index contributed by atoms with van der Waals surface area (Å²) in [5.74, 6) is -0.516. The Kier molecular flexibility index (Phi) is 7.75. The number of nitrogens with zero attached hydrogens (tertiary/aromatic N) is 3. The van der Waals surface area contributed by atoms with Gasteiger partial charge >= 0.3 is 0 Å². The van der Waals surface area contributed by atoms with Crippen molar-refractivity contribution in [2.45, 2.75) is 50.1 Å². The highest BCUT2D eigenvalue weighted by atomic mass is 32.2. The molecule has 1 fully saturated rings. The van der Waals surface area contributed by atoms with Crippen molar-refractivity contribution in [1.82, 2.24) is 9.88 Å². The minimum atomic E-state index is -2.66. The van der Waals surface area contributed by atoms with Gasteiger partial charge in [0.25, 0.3) is 12.3 Å². The normalized spacial score (nSPS) is 14.3. The van der Waals surface area contributed by atoms with Crippen molar-refractivity contribution in [2.24, 2.45) is 4.36 Å². The predicted molar refractivity (Wildman–Crippen MR) is 136 cm³/mol. The second-order valence-corrected chi connectivity index (χ2v) is 10.4. The fourth-order valence-electron chi connectivity index (χ4n) is 4.29. The third-order valence-electron chi connectivity index (χ3n) is 6.52. The van der Waals surface area contributed by atoms with E-state index in [-0.39, 0.29) is 29.3 Å². The summed E-state index contributed by atoms with van der Waals surface area (Å²) < 4.78 is 32.5. The molecule has 2 aromatic carbocycles. The molecule has 1 heterocycles. The van der Waals surface area contributed by atoms with Crippen molar-refractivity contribution in [1.29, 1.82) is 5.26 Å². The molecule has 0 saturated heterocycles. The molecular weight excluding hydrogens is 482 g/mol. The number of halogens is 2. The molecule has 186 valence electrons. The lowest BCUT2D eigenvalue weighted by atomic mass is 9.91. The van der Waals surface area contributed by atoms with E-state index in [9.17, 15) is 18.4 Å². The number of rotatable bonds is 7. The first-order valence-electron chi connectivity index (χ1n) is 11.6. The van der Waals surface area contributed by atoms with Crippen LogP contribution in [0.2, 0.25) is 0 Å². The Bertz CT molecular complexity index is 1420. The molecule has 36 heavy (non-hydrogen) atoms. The zero-order valence-electron chi connectivity index (χ0n) is 20.0. The number of carbonyl (C=O) groups excluding carboxylic acids is 1. The quantitative estimate of drug-likeness (QED) is 0.416. The molecule has 3 aromatic rings. The van der Waals surface area contributed by atoms with Crippen molar-refractivity contribution in [2.75, 3.05) is 6.26 Å². The van der Waals surface area contributed by atoms with Gasteiger partial charge in [-0.05, 0) is 61.8 Å². The minimum Gasteiger partial charge on any atom is -0.348 e. The number of nitriles is 1. The fourth-order valence-corrected chi connectivity index (χ4v) is 5.05. The lowest BCUT2D eigenvalue weighted by Crippen LogP contribution is -2.32. The van der Waals surface area contributed by atoms with Crippen molar-refractivity contribution >= 4 is 16.6 Å². The van der Waals surface area contributed by atoms with Gasteiger partial charge in [0.2, 0.25) is 11.6 Å². The summed E-state index contributed by atoms with van der Waals surface area (Å²) in [6, 6.07) is 13.3. The molecule has 0 radical (unpaired) electrons. The number of benzene rings is 2. The topological polar surface area (TPSA) is 87.2 Å². The number of pyridine rings is 1. The maximum absolute atomic E-state index is 13.5. The molecule has 0 spiro atoms. The maximum Gasteiger partial charge on any atom is 0.263 e. The van der Waals surface area contributed by atoms with Crippen LogP contribution < -0.4 is 10.7 Å². The van der Waals surface area contributed by atoms with Gasteiger partial charge in [-0.3, -0.25) is 9.59 Å². The van der Waals surface area contributed by atoms with E-state index in [2.05, 4.69) is 9.68 Å². The van der Waals surface area contributed by atoms with Crippen LogP contribution in [0.4, 0.5) is 8.78 Å². The van der Waals surface area contributed by atoms with E-state index in [1.807, 2.05) is 35.1 Å². The zero-order chi connectivity index (χ0) is 25.8. The Labute approximate surface area is 210 Å². The molecule has 1 aliphatic rings. The highest BCUT2D eigenvalue weighted by Crippen LogP contribution is 2.35. The lowest BCUT2D eigenvalue weighted by molar-refractivity contribution is 0.0948. The van der Waals surface area contributed by atoms with E-state index < -0.39 is 28.5 Å².